The van der Waals surface area contributed by atoms with Gasteiger partial charge >= 0.3 is 0 Å². The number of aliphatic hydroxyl groups is 1. The van der Waals surface area contributed by atoms with E-state index in [9.17, 15) is 0 Å². The summed E-state index contributed by atoms with van der Waals surface area (Å²) in [4.78, 5) is 2.25. The fourth-order valence-electron chi connectivity index (χ4n) is 1.21. The Morgan fingerprint density at radius 2 is 2.50 bits per heavy atom. The fraction of sp³-hybridized carbons (Fsp3) is 1.00. The van der Waals surface area contributed by atoms with E-state index in [-0.39, 0.29) is 6.61 Å². The summed E-state index contributed by atoms with van der Waals surface area (Å²) in [6.07, 6.45) is 1.29. The summed E-state index contributed by atoms with van der Waals surface area (Å²) in [5, 5.41) is 8.65. The number of nitrogens with zero attached hydrogens (tertiary/aromatic N) is 1. The molecule has 0 amide bonds. The molecule has 1 atom stereocenters. The number of rotatable bonds is 3. The smallest absolute Gasteiger partial charge is 0.0558 e. The van der Waals surface area contributed by atoms with Crippen molar-refractivity contribution >= 4 is 11.8 Å². The molecule has 60 valence electrons. The zero-order valence-corrected chi connectivity index (χ0v) is 7.23. The second-order valence-corrected chi connectivity index (χ2v) is 3.87. The summed E-state index contributed by atoms with van der Waals surface area (Å²) in [6, 6.07) is 0.720. The monoisotopic (exact) mass is 161 g/mol. The van der Waals surface area contributed by atoms with E-state index in [0.29, 0.717) is 0 Å². The first-order valence-corrected chi connectivity index (χ1v) is 4.89. The highest BCUT2D eigenvalue weighted by Crippen LogP contribution is 2.20. The summed E-state index contributed by atoms with van der Waals surface area (Å²) in [5.74, 6) is 2.54. The molecule has 10 heavy (non-hydrogen) atoms. The average molecular weight is 161 g/mol. The summed E-state index contributed by atoms with van der Waals surface area (Å²) in [7, 11) is 2.09. The number of hydrogen-bond acceptors (Lipinski definition) is 3. The summed E-state index contributed by atoms with van der Waals surface area (Å²) >= 11 is 2.01. The van der Waals surface area contributed by atoms with E-state index in [4.69, 9.17) is 5.11 Å². The van der Waals surface area contributed by atoms with Crippen molar-refractivity contribution in [2.75, 3.05) is 31.7 Å². The summed E-state index contributed by atoms with van der Waals surface area (Å²) in [5.41, 5.74) is 0. The zero-order chi connectivity index (χ0) is 7.40. The Morgan fingerprint density at radius 1 is 1.70 bits per heavy atom. The Hall–Kier alpha value is 0.270. The Bertz CT molecular complexity index is 93.6. The molecule has 0 spiro atoms. The van der Waals surface area contributed by atoms with Crippen LogP contribution in [-0.4, -0.2) is 47.8 Å². The molecule has 0 unspecified atom stereocenters. The number of thioether (sulfide) groups is 1. The van der Waals surface area contributed by atoms with Crippen molar-refractivity contribution in [2.24, 2.45) is 0 Å². The largest absolute Gasteiger partial charge is 0.395 e. The van der Waals surface area contributed by atoms with Gasteiger partial charge in [0.05, 0.1) is 6.61 Å². The van der Waals surface area contributed by atoms with Crippen molar-refractivity contribution in [1.29, 1.82) is 0 Å². The van der Waals surface area contributed by atoms with E-state index < -0.39 is 0 Å². The highest BCUT2D eigenvalue weighted by atomic mass is 32.2. The van der Waals surface area contributed by atoms with E-state index in [1.165, 1.54) is 17.9 Å². The van der Waals surface area contributed by atoms with Gasteiger partial charge in [-0.1, -0.05) is 0 Å². The maximum atomic E-state index is 8.65. The molecule has 3 heteroatoms. The normalized spacial score (nSPS) is 26.1. The van der Waals surface area contributed by atoms with Crippen LogP contribution < -0.4 is 0 Å². The quantitative estimate of drug-likeness (QED) is 0.649. The molecular formula is C7H15NOS. The van der Waals surface area contributed by atoms with Crippen LogP contribution in [0.2, 0.25) is 0 Å². The van der Waals surface area contributed by atoms with Crippen LogP contribution >= 0.6 is 11.8 Å². The van der Waals surface area contributed by atoms with Gasteiger partial charge in [-0.05, 0) is 19.2 Å². The van der Waals surface area contributed by atoms with Crippen molar-refractivity contribution in [3.8, 4) is 0 Å². The topological polar surface area (TPSA) is 23.5 Å². The van der Waals surface area contributed by atoms with Gasteiger partial charge in [-0.3, -0.25) is 0 Å². The average Bonchev–Trinajstić information content (AvgIpc) is 2.38. The molecule has 1 rings (SSSR count). The third kappa shape index (κ3) is 2.15. The minimum atomic E-state index is 0.289. The van der Waals surface area contributed by atoms with Gasteiger partial charge in [-0.15, -0.1) is 0 Å². The van der Waals surface area contributed by atoms with Gasteiger partial charge in [-0.2, -0.15) is 11.8 Å². The number of hydrogen-bond donors (Lipinski definition) is 1. The van der Waals surface area contributed by atoms with Crippen molar-refractivity contribution in [2.45, 2.75) is 12.5 Å². The van der Waals surface area contributed by atoms with Crippen LogP contribution in [0.4, 0.5) is 0 Å². The van der Waals surface area contributed by atoms with E-state index in [1.807, 2.05) is 11.8 Å². The lowest BCUT2D eigenvalue weighted by atomic mass is 10.2. The number of likely N-dealkylation sites (N-methyl/N-ethyl adjacent to an activating group) is 1. The molecule has 1 aliphatic rings. The molecule has 0 aromatic carbocycles. The first kappa shape index (κ1) is 8.37. The van der Waals surface area contributed by atoms with Gasteiger partial charge in [0.1, 0.15) is 0 Å². The van der Waals surface area contributed by atoms with Crippen LogP contribution in [0.3, 0.4) is 0 Å². The Kier molecular flexibility index (Phi) is 3.52. The van der Waals surface area contributed by atoms with Gasteiger partial charge in [-0.25, -0.2) is 0 Å². The Morgan fingerprint density at radius 3 is 3.00 bits per heavy atom. The molecule has 2 nitrogen and oxygen atoms in total. The maximum Gasteiger partial charge on any atom is 0.0558 e. The SMILES string of the molecule is CN(CCO)[C@H]1CCSC1. The van der Waals surface area contributed by atoms with Crippen LogP contribution in [0.25, 0.3) is 0 Å². The van der Waals surface area contributed by atoms with Crippen molar-refractivity contribution < 1.29 is 5.11 Å². The number of aliphatic hydroxyl groups excluding tert-OH is 1. The molecule has 1 heterocycles. The Balaban J connectivity index is 2.18. The van der Waals surface area contributed by atoms with Gasteiger partial charge < -0.3 is 10.0 Å². The fourth-order valence-corrected chi connectivity index (χ4v) is 2.51. The predicted octanol–water partition coefficient (Wildman–Crippen LogP) is 0.416. The standard InChI is InChI=1S/C7H15NOS/c1-8(3-4-9)7-2-5-10-6-7/h7,9H,2-6H2,1H3/t7-/m0/s1. The zero-order valence-electron chi connectivity index (χ0n) is 6.42. The molecule has 0 bridgehead atoms. The van der Waals surface area contributed by atoms with Crippen LogP contribution in [0.15, 0.2) is 0 Å². The molecule has 0 aromatic rings. The van der Waals surface area contributed by atoms with Gasteiger partial charge in [0.25, 0.3) is 0 Å². The lowest BCUT2D eigenvalue weighted by molar-refractivity contribution is 0.190. The van der Waals surface area contributed by atoms with Gasteiger partial charge in [0.2, 0.25) is 0 Å². The van der Waals surface area contributed by atoms with Crippen LogP contribution in [0, 0.1) is 0 Å². The highest BCUT2D eigenvalue weighted by molar-refractivity contribution is 7.99. The molecule has 1 saturated heterocycles. The van der Waals surface area contributed by atoms with Gasteiger partial charge in [0.15, 0.2) is 0 Å². The molecule has 0 saturated carbocycles. The molecule has 0 aromatic heterocycles. The first-order valence-electron chi connectivity index (χ1n) is 3.73. The third-order valence-electron chi connectivity index (χ3n) is 1.98. The van der Waals surface area contributed by atoms with E-state index >= 15 is 0 Å². The van der Waals surface area contributed by atoms with Crippen LogP contribution in [-0.2, 0) is 0 Å². The predicted molar refractivity (Wildman–Crippen MR) is 45.4 cm³/mol. The van der Waals surface area contributed by atoms with Gasteiger partial charge in [0, 0.05) is 18.3 Å². The highest BCUT2D eigenvalue weighted by Gasteiger charge is 2.18. The summed E-state index contributed by atoms with van der Waals surface area (Å²) < 4.78 is 0. The molecule has 1 fully saturated rings. The van der Waals surface area contributed by atoms with Crippen molar-refractivity contribution in [3.05, 3.63) is 0 Å². The molecule has 0 aliphatic carbocycles. The minimum Gasteiger partial charge on any atom is -0.395 e. The molecule has 0 radical (unpaired) electrons. The second kappa shape index (κ2) is 4.21. The Labute approximate surface area is 66.6 Å². The van der Waals surface area contributed by atoms with Crippen molar-refractivity contribution in [3.63, 3.8) is 0 Å². The van der Waals surface area contributed by atoms with E-state index in [1.54, 1.807) is 0 Å². The molecule has 1 N–H and O–H groups in total. The first-order chi connectivity index (χ1) is 4.84. The van der Waals surface area contributed by atoms with Crippen molar-refractivity contribution in [1.82, 2.24) is 4.90 Å². The van der Waals surface area contributed by atoms with E-state index in [0.717, 1.165) is 12.6 Å². The second-order valence-electron chi connectivity index (χ2n) is 2.72. The molecule has 1 aliphatic heterocycles. The lowest BCUT2D eigenvalue weighted by Crippen LogP contribution is -2.33. The van der Waals surface area contributed by atoms with Crippen LogP contribution in [0.1, 0.15) is 6.42 Å². The maximum absolute atomic E-state index is 8.65. The molecular weight excluding hydrogens is 146 g/mol. The third-order valence-corrected chi connectivity index (χ3v) is 3.13. The van der Waals surface area contributed by atoms with E-state index in [2.05, 4.69) is 11.9 Å². The van der Waals surface area contributed by atoms with Crippen LogP contribution in [0.5, 0.6) is 0 Å². The minimum absolute atomic E-state index is 0.289. The summed E-state index contributed by atoms with van der Waals surface area (Å²) in [6.45, 7) is 1.11. The lowest BCUT2D eigenvalue weighted by Gasteiger charge is -2.21.